The highest BCUT2D eigenvalue weighted by molar-refractivity contribution is 7.80. The Labute approximate surface area is 200 Å². The molecule has 0 amide bonds. The average molecular weight is 470 g/mol. The molecule has 0 atom stereocenters. The molecule has 0 fully saturated rings. The standard InChI is InChI=1S/C25H31N3O4S/c1-7-30-22(29)14-31-18-8-9-21-19(12-18)20(13-25(5,6)32-21)27-28-24(33)26-23-16(3)10-15(2)11-17(23)4/h8-12H,7,13-14H2,1-6H3,(H2,26,28,33). The number of ether oxygens (including phenoxy) is 3. The van der Waals surface area contributed by atoms with E-state index in [2.05, 4.69) is 34.9 Å². The Balaban J connectivity index is 1.79. The first-order valence-corrected chi connectivity index (χ1v) is 11.3. The molecule has 1 aliphatic heterocycles. The normalized spacial score (nSPS) is 15.3. The lowest BCUT2D eigenvalue weighted by Gasteiger charge is -2.33. The topological polar surface area (TPSA) is 81.2 Å². The molecule has 0 radical (unpaired) electrons. The molecular formula is C25H31N3O4S. The fraction of sp³-hybridized carbons (Fsp3) is 0.400. The maximum absolute atomic E-state index is 11.6. The average Bonchev–Trinajstić information content (AvgIpc) is 2.72. The summed E-state index contributed by atoms with van der Waals surface area (Å²) < 4.78 is 16.6. The number of hydrazone groups is 1. The molecule has 3 rings (SSSR count). The minimum Gasteiger partial charge on any atom is -0.487 e. The molecule has 0 unspecified atom stereocenters. The Bertz CT molecular complexity index is 1070. The monoisotopic (exact) mass is 469 g/mol. The van der Waals surface area contributed by atoms with Crippen molar-refractivity contribution in [1.29, 1.82) is 0 Å². The lowest BCUT2D eigenvalue weighted by molar-refractivity contribution is -0.145. The maximum Gasteiger partial charge on any atom is 0.344 e. The highest BCUT2D eigenvalue weighted by Crippen LogP contribution is 2.35. The molecule has 0 spiro atoms. The molecule has 0 aliphatic carbocycles. The number of benzene rings is 2. The van der Waals surface area contributed by atoms with E-state index >= 15 is 0 Å². The third kappa shape index (κ3) is 6.44. The van der Waals surface area contributed by atoms with Crippen molar-refractivity contribution in [3.63, 3.8) is 0 Å². The summed E-state index contributed by atoms with van der Waals surface area (Å²) >= 11 is 5.50. The molecule has 0 aromatic heterocycles. The summed E-state index contributed by atoms with van der Waals surface area (Å²) in [7, 11) is 0. The van der Waals surface area contributed by atoms with Gasteiger partial charge in [0.25, 0.3) is 0 Å². The van der Waals surface area contributed by atoms with Crippen molar-refractivity contribution in [1.82, 2.24) is 5.43 Å². The van der Waals surface area contributed by atoms with Gasteiger partial charge in [-0.05, 0) is 83.1 Å². The van der Waals surface area contributed by atoms with Crippen molar-refractivity contribution in [3.05, 3.63) is 52.6 Å². The van der Waals surface area contributed by atoms with Crippen LogP contribution in [0.2, 0.25) is 0 Å². The second kappa shape index (κ2) is 10.2. The second-order valence-electron chi connectivity index (χ2n) is 8.69. The summed E-state index contributed by atoms with van der Waals surface area (Å²) in [5.41, 5.74) is 8.52. The van der Waals surface area contributed by atoms with Gasteiger partial charge in [-0.3, -0.25) is 5.43 Å². The Kier molecular flexibility index (Phi) is 7.58. The van der Waals surface area contributed by atoms with Crippen LogP contribution < -0.4 is 20.2 Å². The van der Waals surface area contributed by atoms with Crippen LogP contribution in [0.1, 0.15) is 49.4 Å². The first kappa shape index (κ1) is 24.5. The summed E-state index contributed by atoms with van der Waals surface area (Å²) in [4.78, 5) is 11.6. The molecule has 176 valence electrons. The van der Waals surface area contributed by atoms with E-state index < -0.39 is 11.6 Å². The molecule has 0 saturated heterocycles. The highest BCUT2D eigenvalue weighted by atomic mass is 32.1. The fourth-order valence-corrected chi connectivity index (χ4v) is 3.97. The van der Waals surface area contributed by atoms with Crippen molar-refractivity contribution in [3.8, 4) is 11.5 Å². The van der Waals surface area contributed by atoms with Gasteiger partial charge in [-0.15, -0.1) is 0 Å². The quantitative estimate of drug-likeness (QED) is 0.357. The van der Waals surface area contributed by atoms with E-state index in [9.17, 15) is 4.79 Å². The number of hydrogen-bond donors (Lipinski definition) is 2. The van der Waals surface area contributed by atoms with Gasteiger partial charge in [-0.2, -0.15) is 5.10 Å². The third-order valence-corrected chi connectivity index (χ3v) is 5.30. The molecule has 0 saturated carbocycles. The van der Waals surface area contributed by atoms with Gasteiger partial charge >= 0.3 is 5.97 Å². The van der Waals surface area contributed by atoms with E-state index in [-0.39, 0.29) is 6.61 Å². The summed E-state index contributed by atoms with van der Waals surface area (Å²) in [5.74, 6) is 0.810. The summed E-state index contributed by atoms with van der Waals surface area (Å²) in [6.07, 6.45) is 0.569. The summed E-state index contributed by atoms with van der Waals surface area (Å²) in [6, 6.07) is 9.62. The van der Waals surface area contributed by atoms with Gasteiger partial charge in [0.2, 0.25) is 0 Å². The van der Waals surface area contributed by atoms with Crippen molar-refractivity contribution < 1.29 is 19.0 Å². The van der Waals surface area contributed by atoms with Crippen LogP contribution in [0.4, 0.5) is 5.69 Å². The molecule has 8 heteroatoms. The number of esters is 1. The molecule has 2 N–H and O–H groups in total. The Morgan fingerprint density at radius 2 is 1.88 bits per heavy atom. The van der Waals surface area contributed by atoms with Crippen molar-refractivity contribution >= 4 is 34.7 Å². The van der Waals surface area contributed by atoms with Gasteiger partial charge in [0, 0.05) is 17.7 Å². The van der Waals surface area contributed by atoms with Crippen LogP contribution in [0.5, 0.6) is 11.5 Å². The van der Waals surface area contributed by atoms with Crippen LogP contribution in [0.3, 0.4) is 0 Å². The third-order valence-electron chi connectivity index (χ3n) is 5.11. The molecule has 2 aromatic carbocycles. The molecule has 2 aromatic rings. The van der Waals surface area contributed by atoms with Crippen LogP contribution in [-0.2, 0) is 9.53 Å². The number of thiocarbonyl (C=S) groups is 1. The Hall–Kier alpha value is -3.13. The van der Waals surface area contributed by atoms with Crippen molar-refractivity contribution in [2.24, 2.45) is 5.10 Å². The number of nitrogens with zero attached hydrogens (tertiary/aromatic N) is 1. The number of hydrogen-bond acceptors (Lipinski definition) is 6. The zero-order chi connectivity index (χ0) is 24.2. The Morgan fingerprint density at radius 3 is 2.55 bits per heavy atom. The molecule has 1 aliphatic rings. The van der Waals surface area contributed by atoms with Gasteiger partial charge < -0.3 is 19.5 Å². The number of carbonyl (C=O) groups is 1. The van der Waals surface area contributed by atoms with Gasteiger partial charge in [-0.1, -0.05) is 17.7 Å². The largest absolute Gasteiger partial charge is 0.487 e. The first-order chi connectivity index (χ1) is 15.6. The lowest BCUT2D eigenvalue weighted by Crippen LogP contribution is -2.37. The van der Waals surface area contributed by atoms with Crippen LogP contribution in [0.25, 0.3) is 0 Å². The van der Waals surface area contributed by atoms with Gasteiger partial charge in [0.05, 0.1) is 12.3 Å². The highest BCUT2D eigenvalue weighted by Gasteiger charge is 2.31. The number of carbonyl (C=O) groups excluding carboxylic acids is 1. The molecule has 33 heavy (non-hydrogen) atoms. The van der Waals surface area contributed by atoms with Crippen LogP contribution in [-0.4, -0.2) is 35.6 Å². The molecule has 1 heterocycles. The number of anilines is 1. The fourth-order valence-electron chi connectivity index (χ4n) is 3.83. The van der Waals surface area contributed by atoms with E-state index in [1.165, 1.54) is 5.56 Å². The van der Waals surface area contributed by atoms with E-state index in [1.807, 2.05) is 39.8 Å². The summed E-state index contributed by atoms with van der Waals surface area (Å²) in [6.45, 7) is 12.1. The lowest BCUT2D eigenvalue weighted by atomic mass is 9.92. The molecular weight excluding hydrogens is 438 g/mol. The smallest absolute Gasteiger partial charge is 0.344 e. The number of fused-ring (bicyclic) bond motifs is 1. The van der Waals surface area contributed by atoms with Crippen molar-refractivity contribution in [2.45, 2.75) is 53.6 Å². The minimum absolute atomic E-state index is 0.160. The maximum atomic E-state index is 11.6. The van der Waals surface area contributed by atoms with Crippen LogP contribution in [0.15, 0.2) is 35.4 Å². The summed E-state index contributed by atoms with van der Waals surface area (Å²) in [5, 5.41) is 8.25. The van der Waals surface area contributed by atoms with E-state index in [4.69, 9.17) is 26.4 Å². The van der Waals surface area contributed by atoms with Gasteiger partial charge in [0.1, 0.15) is 17.1 Å². The van der Waals surface area contributed by atoms with Crippen LogP contribution >= 0.6 is 12.2 Å². The van der Waals surface area contributed by atoms with Crippen LogP contribution in [0, 0.1) is 20.8 Å². The minimum atomic E-state index is -0.431. The predicted octanol–water partition coefficient (Wildman–Crippen LogP) is 4.81. The van der Waals surface area contributed by atoms with E-state index in [0.717, 1.165) is 28.1 Å². The zero-order valence-corrected chi connectivity index (χ0v) is 20.8. The van der Waals surface area contributed by atoms with Gasteiger partial charge in [0.15, 0.2) is 11.7 Å². The second-order valence-corrected chi connectivity index (χ2v) is 9.10. The Morgan fingerprint density at radius 1 is 1.18 bits per heavy atom. The zero-order valence-electron chi connectivity index (χ0n) is 20.0. The number of aryl methyl sites for hydroxylation is 3. The molecule has 7 nitrogen and oxygen atoms in total. The van der Waals surface area contributed by atoms with Gasteiger partial charge in [-0.25, -0.2) is 4.79 Å². The number of nitrogens with one attached hydrogen (secondary N) is 2. The van der Waals surface area contributed by atoms with Crippen molar-refractivity contribution in [2.75, 3.05) is 18.5 Å². The number of rotatable bonds is 6. The SMILES string of the molecule is CCOC(=O)COc1ccc2c(c1)C(=NNC(=S)Nc1c(C)cc(C)cc1C)CC(C)(C)O2. The van der Waals surface area contributed by atoms with E-state index in [1.54, 1.807) is 13.0 Å². The predicted molar refractivity (Wildman–Crippen MR) is 134 cm³/mol. The van der Waals surface area contributed by atoms with E-state index in [0.29, 0.717) is 29.6 Å². The first-order valence-electron chi connectivity index (χ1n) is 10.9. The molecule has 0 bridgehead atoms.